The van der Waals surface area contributed by atoms with Crippen LogP contribution in [0.3, 0.4) is 0 Å². The highest BCUT2D eigenvalue weighted by atomic mass is 16.6. The van der Waals surface area contributed by atoms with Crippen LogP contribution < -0.4 is 9.47 Å². The van der Waals surface area contributed by atoms with Crippen LogP contribution >= 0.6 is 0 Å². The molecular formula is C22H20O4. The third-order valence-corrected chi connectivity index (χ3v) is 3.85. The van der Waals surface area contributed by atoms with E-state index in [9.17, 15) is 4.79 Å². The number of hydrogen-bond donors (Lipinski definition) is 0. The van der Waals surface area contributed by atoms with Crippen molar-refractivity contribution >= 4 is 5.97 Å². The Morgan fingerprint density at radius 2 is 1.42 bits per heavy atom. The Labute approximate surface area is 153 Å². The fourth-order valence-electron chi connectivity index (χ4n) is 2.47. The molecule has 0 saturated carbocycles. The van der Waals surface area contributed by atoms with Crippen LogP contribution in [0.15, 0.2) is 84.9 Å². The van der Waals surface area contributed by atoms with E-state index in [2.05, 4.69) is 0 Å². The number of carbonyl (C=O) groups is 1. The zero-order valence-corrected chi connectivity index (χ0v) is 14.5. The lowest BCUT2D eigenvalue weighted by Crippen LogP contribution is -2.21. The van der Waals surface area contributed by atoms with Gasteiger partial charge in [0.25, 0.3) is 0 Å². The molecule has 0 radical (unpaired) electrons. The predicted octanol–water partition coefficient (Wildman–Crippen LogP) is 4.56. The summed E-state index contributed by atoms with van der Waals surface area (Å²) in [6.45, 7) is 0.199. The molecule has 0 amide bonds. The summed E-state index contributed by atoms with van der Waals surface area (Å²) in [6, 6.07) is 26.0. The van der Waals surface area contributed by atoms with Crippen molar-refractivity contribution in [3.05, 3.63) is 96.1 Å². The summed E-state index contributed by atoms with van der Waals surface area (Å²) >= 11 is 0. The van der Waals surface area contributed by atoms with Gasteiger partial charge in [-0.2, -0.15) is 0 Å². The van der Waals surface area contributed by atoms with Crippen molar-refractivity contribution in [2.75, 3.05) is 7.11 Å². The molecule has 1 atom stereocenters. The minimum atomic E-state index is -0.855. The Bertz CT molecular complexity index is 814. The van der Waals surface area contributed by atoms with Crippen molar-refractivity contribution in [2.45, 2.75) is 12.7 Å². The number of esters is 1. The predicted molar refractivity (Wildman–Crippen MR) is 99.0 cm³/mol. The van der Waals surface area contributed by atoms with Crippen molar-refractivity contribution in [1.29, 1.82) is 0 Å². The van der Waals surface area contributed by atoms with Gasteiger partial charge in [-0.3, -0.25) is 0 Å². The first-order chi connectivity index (χ1) is 12.8. The van der Waals surface area contributed by atoms with Crippen LogP contribution in [0.1, 0.15) is 17.2 Å². The zero-order valence-electron chi connectivity index (χ0n) is 14.5. The van der Waals surface area contributed by atoms with E-state index >= 15 is 0 Å². The first-order valence-corrected chi connectivity index (χ1v) is 8.32. The van der Waals surface area contributed by atoms with E-state index in [0.717, 1.165) is 5.56 Å². The normalized spacial score (nSPS) is 11.4. The number of rotatable bonds is 7. The van der Waals surface area contributed by atoms with Crippen LogP contribution in [0.4, 0.5) is 0 Å². The van der Waals surface area contributed by atoms with Gasteiger partial charge in [-0.25, -0.2) is 4.79 Å². The molecule has 0 bridgehead atoms. The van der Waals surface area contributed by atoms with Gasteiger partial charge in [0.05, 0.1) is 7.11 Å². The molecule has 0 N–H and O–H groups in total. The molecule has 0 spiro atoms. The minimum absolute atomic E-state index is 0.199. The maximum Gasteiger partial charge on any atom is 0.352 e. The summed E-state index contributed by atoms with van der Waals surface area (Å²) in [5.74, 6) is 0.873. The van der Waals surface area contributed by atoms with Crippen molar-refractivity contribution in [1.82, 2.24) is 0 Å². The smallest absolute Gasteiger partial charge is 0.352 e. The number of hydrogen-bond acceptors (Lipinski definition) is 4. The van der Waals surface area contributed by atoms with Gasteiger partial charge < -0.3 is 14.2 Å². The lowest BCUT2D eigenvalue weighted by molar-refractivity contribution is -0.153. The average molecular weight is 348 g/mol. The highest BCUT2D eigenvalue weighted by Crippen LogP contribution is 2.25. The minimum Gasteiger partial charge on any atom is -0.497 e. The molecule has 1 unspecified atom stereocenters. The first-order valence-electron chi connectivity index (χ1n) is 8.32. The third kappa shape index (κ3) is 4.63. The van der Waals surface area contributed by atoms with Gasteiger partial charge in [-0.1, -0.05) is 60.7 Å². The molecule has 0 aliphatic rings. The topological polar surface area (TPSA) is 44.8 Å². The quantitative estimate of drug-likeness (QED) is 0.587. The Morgan fingerprint density at radius 1 is 0.808 bits per heavy atom. The van der Waals surface area contributed by atoms with E-state index in [1.807, 2.05) is 48.5 Å². The molecule has 3 aromatic carbocycles. The highest BCUT2D eigenvalue weighted by Gasteiger charge is 2.24. The second-order valence-corrected chi connectivity index (χ2v) is 5.68. The van der Waals surface area contributed by atoms with Crippen LogP contribution in [0.25, 0.3) is 0 Å². The molecule has 0 aliphatic carbocycles. The number of carbonyl (C=O) groups excluding carboxylic acids is 1. The van der Waals surface area contributed by atoms with Gasteiger partial charge in [0.2, 0.25) is 6.10 Å². The molecule has 0 aromatic heterocycles. The van der Waals surface area contributed by atoms with Crippen molar-refractivity contribution in [2.24, 2.45) is 0 Å². The van der Waals surface area contributed by atoms with E-state index in [1.165, 1.54) is 0 Å². The molecule has 0 fully saturated rings. The van der Waals surface area contributed by atoms with E-state index in [0.29, 0.717) is 17.1 Å². The lowest BCUT2D eigenvalue weighted by atomic mass is 10.1. The van der Waals surface area contributed by atoms with E-state index in [4.69, 9.17) is 14.2 Å². The first kappa shape index (κ1) is 17.5. The molecule has 3 rings (SSSR count). The number of para-hydroxylation sites is 1. The Kier molecular flexibility index (Phi) is 5.88. The maximum atomic E-state index is 12.7. The van der Waals surface area contributed by atoms with Crippen LogP contribution in [0, 0.1) is 0 Å². The van der Waals surface area contributed by atoms with Gasteiger partial charge in [0, 0.05) is 5.56 Å². The number of ether oxygens (including phenoxy) is 3. The number of methoxy groups -OCH3 is 1. The average Bonchev–Trinajstić information content (AvgIpc) is 2.72. The summed E-state index contributed by atoms with van der Waals surface area (Å²) in [6.07, 6.45) is -0.855. The monoisotopic (exact) mass is 348 g/mol. The van der Waals surface area contributed by atoms with Gasteiger partial charge in [-0.15, -0.1) is 0 Å². The Balaban J connectivity index is 1.77. The standard InChI is InChI=1S/C22H20O4/c1-24-19-14-12-18(13-15-19)21(26-20-10-6-3-7-11-20)22(23)25-16-17-8-4-2-5-9-17/h2-15,21H,16H2,1H3. The zero-order chi connectivity index (χ0) is 18.2. The summed E-state index contributed by atoms with van der Waals surface area (Å²) in [5, 5.41) is 0. The van der Waals surface area contributed by atoms with Crippen LogP contribution in [-0.4, -0.2) is 13.1 Å². The fraction of sp³-hybridized carbons (Fsp3) is 0.136. The Hall–Kier alpha value is -3.27. The second kappa shape index (κ2) is 8.72. The van der Waals surface area contributed by atoms with E-state index in [-0.39, 0.29) is 6.61 Å². The van der Waals surface area contributed by atoms with Gasteiger partial charge in [0.15, 0.2) is 0 Å². The second-order valence-electron chi connectivity index (χ2n) is 5.68. The molecule has 26 heavy (non-hydrogen) atoms. The van der Waals surface area contributed by atoms with Gasteiger partial charge in [0.1, 0.15) is 18.1 Å². The molecule has 0 aliphatic heterocycles. The summed E-state index contributed by atoms with van der Waals surface area (Å²) < 4.78 is 16.6. The maximum absolute atomic E-state index is 12.7. The molecule has 0 heterocycles. The summed E-state index contributed by atoms with van der Waals surface area (Å²) in [4.78, 5) is 12.7. The Morgan fingerprint density at radius 3 is 2.04 bits per heavy atom. The van der Waals surface area contributed by atoms with Crippen molar-refractivity contribution < 1.29 is 19.0 Å². The highest BCUT2D eigenvalue weighted by molar-refractivity contribution is 5.77. The molecule has 132 valence electrons. The van der Waals surface area contributed by atoms with E-state index < -0.39 is 12.1 Å². The largest absolute Gasteiger partial charge is 0.497 e. The molecule has 0 saturated heterocycles. The fourth-order valence-corrected chi connectivity index (χ4v) is 2.47. The number of benzene rings is 3. The van der Waals surface area contributed by atoms with Crippen LogP contribution in [0.5, 0.6) is 11.5 Å². The molecule has 4 nitrogen and oxygen atoms in total. The van der Waals surface area contributed by atoms with Crippen molar-refractivity contribution in [3.8, 4) is 11.5 Å². The molecule has 4 heteroatoms. The van der Waals surface area contributed by atoms with Crippen LogP contribution in [0.2, 0.25) is 0 Å². The van der Waals surface area contributed by atoms with E-state index in [1.54, 1.807) is 43.5 Å². The van der Waals surface area contributed by atoms with Crippen molar-refractivity contribution in [3.63, 3.8) is 0 Å². The SMILES string of the molecule is COc1ccc(C(Oc2ccccc2)C(=O)OCc2ccccc2)cc1. The molecule has 3 aromatic rings. The lowest BCUT2D eigenvalue weighted by Gasteiger charge is -2.19. The van der Waals surface area contributed by atoms with Gasteiger partial charge >= 0.3 is 5.97 Å². The van der Waals surface area contributed by atoms with Crippen LogP contribution in [-0.2, 0) is 16.1 Å². The van der Waals surface area contributed by atoms with Gasteiger partial charge in [-0.05, 0) is 29.8 Å². The molecular weight excluding hydrogens is 328 g/mol. The third-order valence-electron chi connectivity index (χ3n) is 3.85. The summed E-state index contributed by atoms with van der Waals surface area (Å²) in [5.41, 5.74) is 1.63. The summed E-state index contributed by atoms with van der Waals surface area (Å²) in [7, 11) is 1.60.